The average molecular weight is 324 g/mol. The largest absolute Gasteiger partial charge is 0.484 e. The van der Waals surface area contributed by atoms with E-state index in [-0.39, 0.29) is 11.9 Å². The van der Waals surface area contributed by atoms with Gasteiger partial charge in [0.15, 0.2) is 0 Å². The van der Waals surface area contributed by atoms with Gasteiger partial charge in [-0.15, -0.1) is 0 Å². The van der Waals surface area contributed by atoms with Crippen LogP contribution in [0.3, 0.4) is 0 Å². The van der Waals surface area contributed by atoms with Gasteiger partial charge in [0.1, 0.15) is 17.7 Å². The zero-order chi connectivity index (χ0) is 13.8. The van der Waals surface area contributed by atoms with Crippen molar-refractivity contribution in [3.8, 4) is 5.75 Å². The molecule has 0 aliphatic rings. The molecule has 0 heterocycles. The van der Waals surface area contributed by atoms with Crippen molar-refractivity contribution in [1.82, 2.24) is 0 Å². The van der Waals surface area contributed by atoms with Gasteiger partial charge >= 0.3 is 0 Å². The summed E-state index contributed by atoms with van der Waals surface area (Å²) in [6, 6.07) is 12.2. The lowest BCUT2D eigenvalue weighted by Gasteiger charge is -2.20. The van der Waals surface area contributed by atoms with E-state index in [0.29, 0.717) is 12.3 Å². The molecule has 1 unspecified atom stereocenters. The molecule has 0 aliphatic heterocycles. The molecule has 2 N–H and O–H groups in total. The molecule has 4 heteroatoms. The second-order valence-corrected chi connectivity index (χ2v) is 5.13. The quantitative estimate of drug-likeness (QED) is 0.923. The Morgan fingerprint density at radius 1 is 1.26 bits per heavy atom. The first-order valence-electron chi connectivity index (χ1n) is 5.99. The molecular formula is C15H15BrFNO. The lowest BCUT2D eigenvalue weighted by molar-refractivity contribution is 0.211. The molecule has 2 aromatic carbocycles. The zero-order valence-corrected chi connectivity index (χ0v) is 12.2. The molecule has 2 aromatic rings. The van der Waals surface area contributed by atoms with Crippen molar-refractivity contribution in [2.75, 3.05) is 6.54 Å². The Labute approximate surface area is 120 Å². The SMILES string of the molecule is Cc1ccc(F)cc1OC(CN)c1ccccc1Br. The highest BCUT2D eigenvalue weighted by atomic mass is 79.9. The number of hydrogen-bond donors (Lipinski definition) is 1. The first kappa shape index (κ1) is 14.0. The molecule has 0 bridgehead atoms. The summed E-state index contributed by atoms with van der Waals surface area (Å²) in [5, 5.41) is 0. The minimum absolute atomic E-state index is 0.309. The number of ether oxygens (including phenoxy) is 1. The van der Waals surface area contributed by atoms with Crippen molar-refractivity contribution in [2.45, 2.75) is 13.0 Å². The smallest absolute Gasteiger partial charge is 0.137 e. The number of rotatable bonds is 4. The second-order valence-electron chi connectivity index (χ2n) is 4.27. The molecule has 0 saturated carbocycles. The van der Waals surface area contributed by atoms with Gasteiger partial charge in [-0.05, 0) is 24.6 Å². The van der Waals surface area contributed by atoms with Gasteiger partial charge < -0.3 is 10.5 Å². The Balaban J connectivity index is 2.29. The highest BCUT2D eigenvalue weighted by molar-refractivity contribution is 9.10. The highest BCUT2D eigenvalue weighted by Gasteiger charge is 2.15. The van der Waals surface area contributed by atoms with E-state index in [2.05, 4.69) is 15.9 Å². The van der Waals surface area contributed by atoms with Gasteiger partial charge in [-0.1, -0.05) is 40.2 Å². The molecule has 0 radical (unpaired) electrons. The van der Waals surface area contributed by atoms with E-state index >= 15 is 0 Å². The molecule has 2 nitrogen and oxygen atoms in total. The third-order valence-electron chi connectivity index (χ3n) is 2.89. The fourth-order valence-corrected chi connectivity index (χ4v) is 2.37. The Kier molecular flexibility index (Phi) is 4.56. The van der Waals surface area contributed by atoms with Crippen molar-refractivity contribution < 1.29 is 9.13 Å². The third kappa shape index (κ3) is 3.33. The van der Waals surface area contributed by atoms with E-state index in [9.17, 15) is 4.39 Å². The Hall–Kier alpha value is -1.39. The van der Waals surface area contributed by atoms with Gasteiger partial charge in [0, 0.05) is 22.6 Å². The van der Waals surface area contributed by atoms with Crippen LogP contribution in [0.15, 0.2) is 46.9 Å². The van der Waals surface area contributed by atoms with Gasteiger partial charge in [-0.25, -0.2) is 4.39 Å². The summed E-state index contributed by atoms with van der Waals surface area (Å²) in [6.45, 7) is 2.20. The predicted molar refractivity (Wildman–Crippen MR) is 77.7 cm³/mol. The maximum atomic E-state index is 13.3. The maximum absolute atomic E-state index is 13.3. The summed E-state index contributed by atoms with van der Waals surface area (Å²) >= 11 is 3.47. The lowest BCUT2D eigenvalue weighted by atomic mass is 10.1. The standard InChI is InChI=1S/C15H15BrFNO/c1-10-6-7-11(17)8-14(10)19-15(9-18)12-4-2-3-5-13(12)16/h2-8,15H,9,18H2,1H3. The number of aryl methyl sites for hydroxylation is 1. The van der Waals surface area contributed by atoms with Crippen LogP contribution in [-0.2, 0) is 0 Å². The van der Waals surface area contributed by atoms with Gasteiger partial charge in [-0.3, -0.25) is 0 Å². The molecule has 0 spiro atoms. The number of nitrogens with two attached hydrogens (primary N) is 1. The molecule has 0 amide bonds. The first-order chi connectivity index (χ1) is 9.11. The summed E-state index contributed by atoms with van der Waals surface area (Å²) in [5.74, 6) is 0.203. The number of halogens is 2. The Morgan fingerprint density at radius 2 is 2.00 bits per heavy atom. The molecule has 0 fully saturated rings. The fourth-order valence-electron chi connectivity index (χ4n) is 1.83. The summed E-state index contributed by atoms with van der Waals surface area (Å²) in [6.07, 6.45) is -0.309. The van der Waals surface area contributed by atoms with Crippen molar-refractivity contribution in [3.05, 3.63) is 63.9 Å². The van der Waals surface area contributed by atoms with Crippen LogP contribution < -0.4 is 10.5 Å². The van der Waals surface area contributed by atoms with Crippen LogP contribution in [0.2, 0.25) is 0 Å². The zero-order valence-electron chi connectivity index (χ0n) is 10.6. The van der Waals surface area contributed by atoms with Crippen LogP contribution in [-0.4, -0.2) is 6.54 Å². The highest BCUT2D eigenvalue weighted by Crippen LogP contribution is 2.29. The van der Waals surface area contributed by atoms with E-state index in [4.69, 9.17) is 10.5 Å². The van der Waals surface area contributed by atoms with E-state index in [1.165, 1.54) is 12.1 Å². The molecule has 0 saturated heterocycles. The van der Waals surface area contributed by atoms with E-state index in [1.807, 2.05) is 31.2 Å². The minimum Gasteiger partial charge on any atom is -0.484 e. The average Bonchev–Trinajstić information content (AvgIpc) is 2.41. The van der Waals surface area contributed by atoms with Crippen LogP contribution in [0.4, 0.5) is 4.39 Å². The van der Waals surface area contributed by atoms with Gasteiger partial charge in [0.25, 0.3) is 0 Å². The molecule has 19 heavy (non-hydrogen) atoms. The van der Waals surface area contributed by atoms with Crippen LogP contribution in [0.25, 0.3) is 0 Å². The van der Waals surface area contributed by atoms with Gasteiger partial charge in [0.2, 0.25) is 0 Å². The second kappa shape index (κ2) is 6.17. The first-order valence-corrected chi connectivity index (χ1v) is 6.78. The van der Waals surface area contributed by atoms with Crippen LogP contribution in [0.1, 0.15) is 17.2 Å². The van der Waals surface area contributed by atoms with Crippen LogP contribution in [0, 0.1) is 12.7 Å². The van der Waals surface area contributed by atoms with E-state index < -0.39 is 0 Å². The normalized spacial score (nSPS) is 12.2. The van der Waals surface area contributed by atoms with Crippen molar-refractivity contribution >= 4 is 15.9 Å². The number of benzene rings is 2. The Bertz CT molecular complexity index is 574. The predicted octanol–water partition coefficient (Wildman–Crippen LogP) is 3.98. The minimum atomic E-state index is -0.316. The molecular weight excluding hydrogens is 309 g/mol. The third-order valence-corrected chi connectivity index (χ3v) is 3.61. The summed E-state index contributed by atoms with van der Waals surface area (Å²) < 4.78 is 20.0. The summed E-state index contributed by atoms with van der Waals surface area (Å²) in [5.41, 5.74) is 7.60. The van der Waals surface area contributed by atoms with Gasteiger partial charge in [0.05, 0.1) is 0 Å². The van der Waals surface area contributed by atoms with Crippen molar-refractivity contribution in [3.63, 3.8) is 0 Å². The van der Waals surface area contributed by atoms with Crippen molar-refractivity contribution in [1.29, 1.82) is 0 Å². The van der Waals surface area contributed by atoms with E-state index in [0.717, 1.165) is 15.6 Å². The number of hydrogen-bond acceptors (Lipinski definition) is 2. The van der Waals surface area contributed by atoms with Crippen molar-refractivity contribution in [2.24, 2.45) is 5.73 Å². The Morgan fingerprint density at radius 3 is 2.68 bits per heavy atom. The van der Waals surface area contributed by atoms with E-state index in [1.54, 1.807) is 6.07 Å². The lowest BCUT2D eigenvalue weighted by Crippen LogP contribution is -2.19. The summed E-state index contributed by atoms with van der Waals surface area (Å²) in [4.78, 5) is 0. The summed E-state index contributed by atoms with van der Waals surface area (Å²) in [7, 11) is 0. The maximum Gasteiger partial charge on any atom is 0.137 e. The molecule has 1 atom stereocenters. The topological polar surface area (TPSA) is 35.2 Å². The van der Waals surface area contributed by atoms with Crippen LogP contribution >= 0.6 is 15.9 Å². The van der Waals surface area contributed by atoms with Gasteiger partial charge in [-0.2, -0.15) is 0 Å². The van der Waals surface area contributed by atoms with Crippen LogP contribution in [0.5, 0.6) is 5.75 Å². The molecule has 100 valence electrons. The molecule has 2 rings (SSSR count). The fraction of sp³-hybridized carbons (Fsp3) is 0.200. The molecule has 0 aromatic heterocycles. The monoisotopic (exact) mass is 323 g/mol. The molecule has 0 aliphatic carbocycles.